The first kappa shape index (κ1) is 19.5. The number of carbonyl (C=O) groups is 1. The maximum absolute atomic E-state index is 11.9. The van der Waals surface area contributed by atoms with Crippen molar-refractivity contribution in [3.8, 4) is 10.6 Å². The summed E-state index contributed by atoms with van der Waals surface area (Å²) in [6.07, 6.45) is -0.0855. The van der Waals surface area contributed by atoms with Gasteiger partial charge in [0, 0.05) is 19.2 Å². The van der Waals surface area contributed by atoms with E-state index in [0.717, 1.165) is 10.6 Å². The van der Waals surface area contributed by atoms with Crippen LogP contribution in [0.3, 0.4) is 0 Å². The van der Waals surface area contributed by atoms with Crippen LogP contribution in [0.2, 0.25) is 0 Å². The lowest BCUT2D eigenvalue weighted by Crippen LogP contribution is -2.28. The predicted octanol–water partition coefficient (Wildman–Crippen LogP) is 2.55. The van der Waals surface area contributed by atoms with E-state index in [9.17, 15) is 4.79 Å². The van der Waals surface area contributed by atoms with Gasteiger partial charge in [-0.15, -0.1) is 22.6 Å². The number of nitrogens with zero attached hydrogens (tertiary/aromatic N) is 2. The lowest BCUT2D eigenvalue weighted by molar-refractivity contribution is -0.118. The van der Waals surface area contributed by atoms with Crippen LogP contribution in [0.15, 0.2) is 18.2 Å². The Labute approximate surface area is 145 Å². The zero-order valence-electron chi connectivity index (χ0n) is 13.3. The van der Waals surface area contributed by atoms with Crippen molar-refractivity contribution in [1.82, 2.24) is 10.2 Å². The standard InChI is InChI=1S/C15H20N4O2S.ClH/c1-9-4-10(2)6-11(5-9)14-18-19-15(22-14)17-13(20)7-12(8-16)21-3;/h4-6,12H,7-8,16H2,1-3H3,(H,17,19,20);1H. The number of nitrogens with two attached hydrogens (primary N) is 1. The van der Waals surface area contributed by atoms with Gasteiger partial charge in [0.1, 0.15) is 5.01 Å². The molecule has 2 rings (SSSR count). The molecule has 0 aliphatic carbocycles. The van der Waals surface area contributed by atoms with Crippen molar-refractivity contribution in [2.24, 2.45) is 5.73 Å². The topological polar surface area (TPSA) is 90.1 Å². The van der Waals surface area contributed by atoms with Crippen LogP contribution in [0.25, 0.3) is 10.6 Å². The lowest BCUT2D eigenvalue weighted by Gasteiger charge is -2.11. The monoisotopic (exact) mass is 356 g/mol. The SMILES string of the molecule is COC(CN)CC(=O)Nc1nnc(-c2cc(C)cc(C)c2)s1.Cl. The van der Waals surface area contributed by atoms with Gasteiger partial charge in [-0.25, -0.2) is 0 Å². The molecule has 0 bridgehead atoms. The van der Waals surface area contributed by atoms with E-state index >= 15 is 0 Å². The highest BCUT2D eigenvalue weighted by atomic mass is 35.5. The van der Waals surface area contributed by atoms with Crippen LogP contribution in [0.5, 0.6) is 0 Å². The summed E-state index contributed by atoms with van der Waals surface area (Å²) in [5, 5.41) is 12.1. The summed E-state index contributed by atoms with van der Waals surface area (Å²) in [7, 11) is 1.54. The van der Waals surface area contributed by atoms with Crippen molar-refractivity contribution in [3.05, 3.63) is 29.3 Å². The number of anilines is 1. The molecule has 0 aliphatic heterocycles. The second-order valence-electron chi connectivity index (χ2n) is 5.13. The number of hydrogen-bond donors (Lipinski definition) is 2. The maximum atomic E-state index is 11.9. The Morgan fingerprint density at radius 2 is 1.96 bits per heavy atom. The number of hydrogen-bond acceptors (Lipinski definition) is 6. The normalized spacial score (nSPS) is 11.7. The number of carbonyl (C=O) groups excluding carboxylic acids is 1. The van der Waals surface area contributed by atoms with E-state index in [0.29, 0.717) is 11.7 Å². The molecule has 0 radical (unpaired) electrons. The minimum atomic E-state index is -0.285. The molecule has 8 heteroatoms. The Morgan fingerprint density at radius 1 is 1.30 bits per heavy atom. The molecule has 23 heavy (non-hydrogen) atoms. The number of halogens is 1. The van der Waals surface area contributed by atoms with E-state index in [1.807, 2.05) is 13.8 Å². The Kier molecular flexibility index (Phi) is 7.57. The number of methoxy groups -OCH3 is 1. The fraction of sp³-hybridized carbons (Fsp3) is 0.400. The minimum absolute atomic E-state index is 0. The molecule has 0 aliphatic rings. The quantitative estimate of drug-likeness (QED) is 0.830. The number of amides is 1. The third-order valence-electron chi connectivity index (χ3n) is 3.15. The van der Waals surface area contributed by atoms with Gasteiger partial charge in [-0.1, -0.05) is 28.5 Å². The van der Waals surface area contributed by atoms with Gasteiger partial charge < -0.3 is 15.8 Å². The van der Waals surface area contributed by atoms with E-state index in [2.05, 4.69) is 33.7 Å². The van der Waals surface area contributed by atoms with Crippen molar-refractivity contribution >= 4 is 34.8 Å². The highest BCUT2D eigenvalue weighted by molar-refractivity contribution is 7.18. The Morgan fingerprint density at radius 3 is 2.52 bits per heavy atom. The highest BCUT2D eigenvalue weighted by Gasteiger charge is 2.14. The van der Waals surface area contributed by atoms with Crippen LogP contribution in [0.1, 0.15) is 17.5 Å². The highest BCUT2D eigenvalue weighted by Crippen LogP contribution is 2.27. The molecule has 1 unspecified atom stereocenters. The first-order chi connectivity index (χ1) is 10.5. The molecule has 126 valence electrons. The third-order valence-corrected chi connectivity index (χ3v) is 4.04. The molecule has 1 atom stereocenters. The summed E-state index contributed by atoms with van der Waals surface area (Å²) in [6.45, 7) is 4.38. The van der Waals surface area contributed by atoms with Gasteiger partial charge in [0.2, 0.25) is 11.0 Å². The number of aryl methyl sites for hydroxylation is 2. The van der Waals surface area contributed by atoms with Crippen LogP contribution in [-0.2, 0) is 9.53 Å². The zero-order valence-corrected chi connectivity index (χ0v) is 15.0. The summed E-state index contributed by atoms with van der Waals surface area (Å²) in [6, 6.07) is 6.20. The molecule has 0 saturated heterocycles. The first-order valence-corrected chi connectivity index (χ1v) is 7.78. The van der Waals surface area contributed by atoms with Crippen LogP contribution in [0, 0.1) is 13.8 Å². The molecule has 1 aromatic carbocycles. The first-order valence-electron chi connectivity index (χ1n) is 6.96. The molecule has 6 nitrogen and oxygen atoms in total. The van der Waals surface area contributed by atoms with E-state index in [4.69, 9.17) is 10.5 Å². The third kappa shape index (κ3) is 5.54. The number of ether oxygens (including phenoxy) is 1. The van der Waals surface area contributed by atoms with Crippen molar-refractivity contribution in [1.29, 1.82) is 0 Å². The Balaban J connectivity index is 0.00000264. The smallest absolute Gasteiger partial charge is 0.228 e. The van der Waals surface area contributed by atoms with Gasteiger partial charge in [0.25, 0.3) is 0 Å². The number of benzene rings is 1. The van der Waals surface area contributed by atoms with Crippen LogP contribution in [0.4, 0.5) is 5.13 Å². The van der Waals surface area contributed by atoms with Gasteiger partial charge >= 0.3 is 0 Å². The molecule has 1 aromatic heterocycles. The van der Waals surface area contributed by atoms with E-state index < -0.39 is 0 Å². The second-order valence-corrected chi connectivity index (χ2v) is 6.11. The summed E-state index contributed by atoms with van der Waals surface area (Å²) in [4.78, 5) is 11.9. The summed E-state index contributed by atoms with van der Waals surface area (Å²) in [5.74, 6) is -0.180. The van der Waals surface area contributed by atoms with Crippen LogP contribution in [-0.4, -0.2) is 35.9 Å². The molecule has 0 fully saturated rings. The van der Waals surface area contributed by atoms with E-state index in [1.54, 1.807) is 0 Å². The zero-order chi connectivity index (χ0) is 16.1. The van der Waals surface area contributed by atoms with Gasteiger partial charge in [-0.3, -0.25) is 4.79 Å². The number of nitrogens with one attached hydrogen (secondary N) is 1. The van der Waals surface area contributed by atoms with E-state index in [1.165, 1.54) is 29.6 Å². The molecule has 2 aromatic rings. The maximum Gasteiger partial charge on any atom is 0.228 e. The average Bonchev–Trinajstić information content (AvgIpc) is 2.92. The van der Waals surface area contributed by atoms with Gasteiger partial charge in [-0.05, 0) is 26.0 Å². The molecule has 1 heterocycles. The van der Waals surface area contributed by atoms with Gasteiger partial charge in [0.05, 0.1) is 12.5 Å². The molecular weight excluding hydrogens is 336 g/mol. The Bertz CT molecular complexity index is 638. The number of aromatic nitrogens is 2. The molecule has 0 spiro atoms. The Hall–Kier alpha value is -1.54. The molecular formula is C15H21ClN4O2S. The molecule has 3 N–H and O–H groups in total. The number of rotatable bonds is 6. The second kappa shape index (κ2) is 8.93. The minimum Gasteiger partial charge on any atom is -0.380 e. The molecule has 1 amide bonds. The fourth-order valence-electron chi connectivity index (χ4n) is 2.13. The van der Waals surface area contributed by atoms with Gasteiger partial charge in [0.15, 0.2) is 0 Å². The average molecular weight is 357 g/mol. The van der Waals surface area contributed by atoms with Crippen LogP contribution < -0.4 is 11.1 Å². The fourth-order valence-corrected chi connectivity index (χ4v) is 2.88. The largest absolute Gasteiger partial charge is 0.380 e. The summed E-state index contributed by atoms with van der Waals surface area (Å²) in [5.41, 5.74) is 8.85. The molecule has 0 saturated carbocycles. The van der Waals surface area contributed by atoms with Gasteiger partial charge in [-0.2, -0.15) is 0 Å². The summed E-state index contributed by atoms with van der Waals surface area (Å²) >= 11 is 1.35. The van der Waals surface area contributed by atoms with Crippen molar-refractivity contribution in [3.63, 3.8) is 0 Å². The van der Waals surface area contributed by atoms with Crippen LogP contribution >= 0.6 is 23.7 Å². The lowest BCUT2D eigenvalue weighted by atomic mass is 10.1. The van der Waals surface area contributed by atoms with E-state index in [-0.39, 0.29) is 30.8 Å². The van der Waals surface area contributed by atoms with Crippen molar-refractivity contribution < 1.29 is 9.53 Å². The van der Waals surface area contributed by atoms with Crippen molar-refractivity contribution in [2.45, 2.75) is 26.4 Å². The predicted molar refractivity (Wildman–Crippen MR) is 95.2 cm³/mol. The van der Waals surface area contributed by atoms with Crippen molar-refractivity contribution in [2.75, 3.05) is 19.0 Å². The summed E-state index contributed by atoms with van der Waals surface area (Å²) < 4.78 is 5.09.